The van der Waals surface area contributed by atoms with Gasteiger partial charge in [-0.25, -0.2) is 0 Å². The monoisotopic (exact) mass is 573 g/mol. The van der Waals surface area contributed by atoms with E-state index in [9.17, 15) is 14.4 Å². The Balaban J connectivity index is 1.70. The first kappa shape index (κ1) is 28.7. The van der Waals surface area contributed by atoms with Gasteiger partial charge in [0, 0.05) is 62.1 Å². The van der Waals surface area contributed by atoms with E-state index in [1.54, 1.807) is 11.1 Å². The number of pyridine rings is 1. The number of aryl methyl sites for hydroxylation is 1. The summed E-state index contributed by atoms with van der Waals surface area (Å²) in [6, 6.07) is 9.87. The van der Waals surface area contributed by atoms with Crippen LogP contribution in [0.5, 0.6) is 0 Å². The van der Waals surface area contributed by atoms with Gasteiger partial charge in [0.05, 0.1) is 12.5 Å². The number of hydrogen-bond donors (Lipinski definition) is 4. The van der Waals surface area contributed by atoms with Gasteiger partial charge >= 0.3 is 0 Å². The number of amides is 3. The summed E-state index contributed by atoms with van der Waals surface area (Å²) in [5, 5.41) is 2.83. The van der Waals surface area contributed by atoms with E-state index in [4.69, 9.17) is 17.2 Å². The minimum Gasteiger partial charge on any atom is -0.343 e. The molecule has 11 heteroatoms. The Morgan fingerprint density at radius 2 is 1.84 bits per heavy atom. The Bertz CT molecular complexity index is 1060. The normalized spacial score (nSPS) is 14.4. The smallest absolute Gasteiger partial charge is 0.245 e. The fourth-order valence-electron chi connectivity index (χ4n) is 4.38. The molecule has 2 atom stereocenters. The molecule has 0 spiro atoms. The molecule has 2 aromatic rings. The van der Waals surface area contributed by atoms with Crippen LogP contribution in [0.4, 0.5) is 0 Å². The highest BCUT2D eigenvalue weighted by molar-refractivity contribution is 9.10. The number of carbonyl (C=O) groups is 3. The van der Waals surface area contributed by atoms with Crippen LogP contribution in [0.1, 0.15) is 29.7 Å². The van der Waals surface area contributed by atoms with Crippen LogP contribution >= 0.6 is 15.9 Å². The van der Waals surface area contributed by atoms with Gasteiger partial charge in [-0.05, 0) is 46.0 Å². The molecule has 0 saturated heterocycles. The maximum Gasteiger partial charge on any atom is 0.245 e. The molecular formula is C26H36BrN7O3. The van der Waals surface area contributed by atoms with Crippen LogP contribution in [0.2, 0.25) is 0 Å². The van der Waals surface area contributed by atoms with E-state index < -0.39 is 18.0 Å². The first-order chi connectivity index (χ1) is 17.8. The van der Waals surface area contributed by atoms with Crippen molar-refractivity contribution in [3.8, 4) is 0 Å². The van der Waals surface area contributed by atoms with Crippen molar-refractivity contribution in [3.05, 3.63) is 63.9 Å². The number of aromatic nitrogens is 1. The van der Waals surface area contributed by atoms with E-state index in [2.05, 4.69) is 26.2 Å². The van der Waals surface area contributed by atoms with Gasteiger partial charge in [-0.1, -0.05) is 30.3 Å². The minimum atomic E-state index is -1.10. The third-order valence-electron chi connectivity index (χ3n) is 6.38. The van der Waals surface area contributed by atoms with E-state index >= 15 is 0 Å². The molecule has 2 heterocycles. The average Bonchev–Trinajstić information content (AvgIpc) is 2.90. The van der Waals surface area contributed by atoms with Gasteiger partial charge in [-0.15, -0.1) is 0 Å². The average molecular weight is 575 g/mol. The number of rotatable bonds is 12. The maximum atomic E-state index is 13.6. The van der Waals surface area contributed by atoms with E-state index in [1.807, 2.05) is 36.4 Å². The van der Waals surface area contributed by atoms with Crippen LogP contribution < -0.4 is 22.5 Å². The van der Waals surface area contributed by atoms with Gasteiger partial charge in [-0.2, -0.15) is 0 Å². The maximum absolute atomic E-state index is 13.6. The molecule has 1 aromatic heterocycles. The predicted molar refractivity (Wildman–Crippen MR) is 145 cm³/mol. The number of nitrogens with one attached hydrogen (secondary N) is 1. The fraction of sp³-hybridized carbons (Fsp3) is 0.462. The van der Waals surface area contributed by atoms with Crippen LogP contribution in [0.25, 0.3) is 0 Å². The van der Waals surface area contributed by atoms with Crippen LogP contribution in [0, 0.1) is 0 Å². The van der Waals surface area contributed by atoms with Crippen molar-refractivity contribution >= 4 is 33.7 Å². The zero-order valence-corrected chi connectivity index (χ0v) is 22.5. The molecule has 200 valence electrons. The lowest BCUT2D eigenvalue weighted by Crippen LogP contribution is -2.54. The van der Waals surface area contributed by atoms with Gasteiger partial charge in [0.15, 0.2) is 0 Å². The van der Waals surface area contributed by atoms with Crippen molar-refractivity contribution in [2.45, 2.75) is 44.3 Å². The molecule has 0 fully saturated rings. The van der Waals surface area contributed by atoms with Crippen LogP contribution in [-0.4, -0.2) is 77.3 Å². The van der Waals surface area contributed by atoms with Crippen molar-refractivity contribution in [2.24, 2.45) is 17.2 Å². The molecule has 3 rings (SSSR count). The second kappa shape index (κ2) is 14.2. The summed E-state index contributed by atoms with van der Waals surface area (Å²) in [7, 11) is 0. The Morgan fingerprint density at radius 1 is 1.14 bits per heavy atom. The zero-order valence-electron chi connectivity index (χ0n) is 20.9. The summed E-state index contributed by atoms with van der Waals surface area (Å²) in [5.74, 6) is -1.01. The van der Waals surface area contributed by atoms with Crippen LogP contribution in [-0.2, 0) is 33.8 Å². The Morgan fingerprint density at radius 3 is 2.51 bits per heavy atom. The van der Waals surface area contributed by atoms with E-state index in [1.165, 1.54) is 4.90 Å². The summed E-state index contributed by atoms with van der Waals surface area (Å²) in [6.07, 6.45) is 3.21. The van der Waals surface area contributed by atoms with Gasteiger partial charge in [0.2, 0.25) is 17.7 Å². The second-order valence-corrected chi connectivity index (χ2v) is 10.0. The molecule has 7 N–H and O–H groups in total. The van der Waals surface area contributed by atoms with Crippen LogP contribution in [0.3, 0.4) is 0 Å². The van der Waals surface area contributed by atoms with Gasteiger partial charge in [-0.3, -0.25) is 19.4 Å². The third-order valence-corrected chi connectivity index (χ3v) is 6.81. The lowest BCUT2D eigenvalue weighted by Gasteiger charge is -2.32. The number of hydrogen-bond acceptors (Lipinski definition) is 7. The number of fused-ring (bicyclic) bond motifs is 1. The number of nitrogens with zero attached hydrogens (tertiary/aromatic N) is 3. The predicted octanol–water partition coefficient (Wildman–Crippen LogP) is 0.310. The standard InChI is InChI=1S/C26H36BrN7O3/c27-20-14-19-17-34(11-8-22(19)31-16-20)26(37)23(7-6-18-4-2-1-3-5-18)32-25(36)21(30)15-24(35)33(12-9-28)13-10-29/h1-5,14,16,21,23H,6-13,15,17,28-30H2,(H,32,36)/t21-,23-/m0/s1. The van der Waals surface area contributed by atoms with Gasteiger partial charge < -0.3 is 32.3 Å². The fourth-order valence-corrected chi connectivity index (χ4v) is 4.76. The topological polar surface area (TPSA) is 161 Å². The Hall–Kier alpha value is -2.86. The zero-order chi connectivity index (χ0) is 26.8. The third kappa shape index (κ3) is 8.32. The summed E-state index contributed by atoms with van der Waals surface area (Å²) < 4.78 is 0.850. The molecule has 1 aromatic carbocycles. The van der Waals surface area contributed by atoms with E-state index in [-0.39, 0.29) is 31.3 Å². The Kier molecular flexibility index (Phi) is 11.0. The van der Waals surface area contributed by atoms with Gasteiger partial charge in [0.1, 0.15) is 6.04 Å². The van der Waals surface area contributed by atoms with Crippen molar-refractivity contribution in [1.29, 1.82) is 0 Å². The van der Waals surface area contributed by atoms with Crippen molar-refractivity contribution in [3.63, 3.8) is 0 Å². The number of nitrogens with two attached hydrogens (primary N) is 3. The molecule has 0 aliphatic carbocycles. The van der Waals surface area contributed by atoms with Crippen molar-refractivity contribution in [1.82, 2.24) is 20.1 Å². The molecule has 10 nitrogen and oxygen atoms in total. The van der Waals surface area contributed by atoms with Gasteiger partial charge in [0.25, 0.3) is 0 Å². The molecule has 0 saturated carbocycles. The number of halogens is 1. The lowest BCUT2D eigenvalue weighted by atomic mass is 10.0. The molecule has 0 bridgehead atoms. The molecule has 3 amide bonds. The number of carbonyl (C=O) groups excluding carboxylic acids is 3. The molecule has 0 unspecified atom stereocenters. The van der Waals surface area contributed by atoms with Crippen molar-refractivity contribution < 1.29 is 14.4 Å². The highest BCUT2D eigenvalue weighted by Gasteiger charge is 2.31. The summed E-state index contributed by atoms with van der Waals surface area (Å²) in [4.78, 5) is 47.0. The largest absolute Gasteiger partial charge is 0.343 e. The Labute approximate surface area is 226 Å². The minimum absolute atomic E-state index is 0.179. The molecule has 1 aliphatic heterocycles. The number of benzene rings is 1. The highest BCUT2D eigenvalue weighted by Crippen LogP contribution is 2.22. The quantitative estimate of drug-likeness (QED) is 0.284. The van der Waals surface area contributed by atoms with E-state index in [0.29, 0.717) is 45.4 Å². The first-order valence-electron chi connectivity index (χ1n) is 12.5. The first-order valence-corrected chi connectivity index (χ1v) is 13.3. The molecule has 0 radical (unpaired) electrons. The SMILES string of the molecule is NCCN(CCN)C(=O)C[C@H](N)C(=O)N[C@@H](CCc1ccccc1)C(=O)N1CCc2ncc(Br)cc2C1. The second-order valence-electron chi connectivity index (χ2n) is 9.12. The van der Waals surface area contributed by atoms with E-state index in [0.717, 1.165) is 21.3 Å². The summed E-state index contributed by atoms with van der Waals surface area (Å²) >= 11 is 3.44. The lowest BCUT2D eigenvalue weighted by molar-refractivity contribution is -0.138. The summed E-state index contributed by atoms with van der Waals surface area (Å²) in [6.45, 7) is 2.17. The molecule has 1 aliphatic rings. The molecular weight excluding hydrogens is 538 g/mol. The highest BCUT2D eigenvalue weighted by atomic mass is 79.9. The summed E-state index contributed by atoms with van der Waals surface area (Å²) in [5.41, 5.74) is 20.3. The van der Waals surface area contributed by atoms with Crippen molar-refractivity contribution in [2.75, 3.05) is 32.7 Å². The van der Waals surface area contributed by atoms with Crippen LogP contribution in [0.15, 0.2) is 47.1 Å². The molecule has 37 heavy (non-hydrogen) atoms.